The molecule has 0 bridgehead atoms. The van der Waals surface area contributed by atoms with E-state index in [1.165, 1.54) is 0 Å². The van der Waals surface area contributed by atoms with Crippen molar-refractivity contribution in [2.24, 2.45) is 0 Å². The molecule has 0 radical (unpaired) electrons. The summed E-state index contributed by atoms with van der Waals surface area (Å²) < 4.78 is 5.16. The van der Waals surface area contributed by atoms with Crippen molar-refractivity contribution < 1.29 is 4.74 Å². The van der Waals surface area contributed by atoms with Gasteiger partial charge in [-0.3, -0.25) is 0 Å². The van der Waals surface area contributed by atoms with Gasteiger partial charge in [0.1, 0.15) is 5.75 Å². The molecule has 0 amide bonds. The van der Waals surface area contributed by atoms with Crippen LogP contribution in [0.25, 0.3) is 5.57 Å². The molecule has 0 saturated carbocycles. The first kappa shape index (κ1) is 11.3. The lowest BCUT2D eigenvalue weighted by Crippen LogP contribution is -1.89. The third-order valence-corrected chi connectivity index (χ3v) is 2.39. The first-order chi connectivity index (χ1) is 7.22. The lowest BCUT2D eigenvalue weighted by Gasteiger charge is -2.08. The molecule has 0 aliphatic heterocycles. The highest BCUT2D eigenvalue weighted by atomic mass is 16.5. The number of ether oxygens (including phenoxy) is 1. The van der Waals surface area contributed by atoms with E-state index in [0.29, 0.717) is 0 Å². The fourth-order valence-corrected chi connectivity index (χ4v) is 1.56. The van der Waals surface area contributed by atoms with E-state index >= 15 is 0 Å². The number of nitrogens with zero attached hydrogens (tertiary/aromatic N) is 1. The van der Waals surface area contributed by atoms with E-state index < -0.39 is 0 Å². The van der Waals surface area contributed by atoms with Gasteiger partial charge in [-0.05, 0) is 36.6 Å². The van der Waals surface area contributed by atoms with Crippen LogP contribution >= 0.6 is 0 Å². The SMILES string of the molecule is CC/C(=C(/C)C#N)c1cccc(OC)c1. The summed E-state index contributed by atoms with van der Waals surface area (Å²) in [6.07, 6.45) is 0.854. The van der Waals surface area contributed by atoms with Crippen LogP contribution in [0.15, 0.2) is 29.8 Å². The predicted octanol–water partition coefficient (Wildman–Crippen LogP) is 3.40. The minimum atomic E-state index is 0.769. The zero-order chi connectivity index (χ0) is 11.3. The first-order valence-electron chi connectivity index (χ1n) is 4.97. The zero-order valence-electron chi connectivity index (χ0n) is 9.37. The molecule has 2 nitrogen and oxygen atoms in total. The highest BCUT2D eigenvalue weighted by Crippen LogP contribution is 2.25. The lowest BCUT2D eigenvalue weighted by atomic mass is 9.99. The Morgan fingerprint density at radius 1 is 1.47 bits per heavy atom. The molecule has 0 saturated heterocycles. The quantitative estimate of drug-likeness (QED) is 0.702. The van der Waals surface area contributed by atoms with Crippen molar-refractivity contribution in [3.05, 3.63) is 35.4 Å². The Hall–Kier alpha value is -1.75. The molecule has 0 aromatic heterocycles. The molecule has 1 aromatic carbocycles. The summed E-state index contributed by atoms with van der Waals surface area (Å²) in [5, 5.41) is 8.88. The summed E-state index contributed by atoms with van der Waals surface area (Å²) in [4.78, 5) is 0. The van der Waals surface area contributed by atoms with Crippen LogP contribution in [0.1, 0.15) is 25.8 Å². The third kappa shape index (κ3) is 2.60. The van der Waals surface area contributed by atoms with E-state index in [1.807, 2.05) is 31.2 Å². The molecule has 78 valence electrons. The van der Waals surface area contributed by atoms with Crippen LogP contribution < -0.4 is 4.74 Å². The molecule has 0 N–H and O–H groups in total. The van der Waals surface area contributed by atoms with E-state index in [0.717, 1.165) is 28.9 Å². The number of rotatable bonds is 3. The van der Waals surface area contributed by atoms with Gasteiger partial charge in [0.15, 0.2) is 0 Å². The number of allylic oxidation sites excluding steroid dienone is 2. The van der Waals surface area contributed by atoms with Crippen LogP contribution in [-0.4, -0.2) is 7.11 Å². The van der Waals surface area contributed by atoms with Crippen molar-refractivity contribution in [2.45, 2.75) is 20.3 Å². The van der Waals surface area contributed by atoms with Gasteiger partial charge in [0.25, 0.3) is 0 Å². The highest BCUT2D eigenvalue weighted by molar-refractivity contribution is 5.71. The standard InChI is InChI=1S/C13H15NO/c1-4-13(10(2)9-14)11-6-5-7-12(8-11)15-3/h5-8H,4H2,1-3H3/b13-10+. The molecule has 1 aromatic rings. The highest BCUT2D eigenvalue weighted by Gasteiger charge is 2.04. The Labute approximate surface area is 90.8 Å². The number of nitriles is 1. The van der Waals surface area contributed by atoms with Crippen LogP contribution in [0.5, 0.6) is 5.75 Å². The van der Waals surface area contributed by atoms with Gasteiger partial charge < -0.3 is 4.74 Å². The number of benzene rings is 1. The van der Waals surface area contributed by atoms with Crippen molar-refractivity contribution in [1.29, 1.82) is 5.26 Å². The van der Waals surface area contributed by atoms with Crippen LogP contribution in [-0.2, 0) is 0 Å². The molecule has 0 unspecified atom stereocenters. The largest absolute Gasteiger partial charge is 0.497 e. The van der Waals surface area contributed by atoms with Gasteiger partial charge in [0.05, 0.1) is 13.2 Å². The second-order valence-corrected chi connectivity index (χ2v) is 3.30. The number of hydrogen-bond acceptors (Lipinski definition) is 2. The average molecular weight is 201 g/mol. The minimum Gasteiger partial charge on any atom is -0.497 e. The molecule has 0 aliphatic carbocycles. The summed E-state index contributed by atoms with van der Waals surface area (Å²) in [6, 6.07) is 9.99. The molecule has 0 aliphatic rings. The van der Waals surface area contributed by atoms with Gasteiger partial charge in [-0.25, -0.2) is 0 Å². The van der Waals surface area contributed by atoms with E-state index in [-0.39, 0.29) is 0 Å². The van der Waals surface area contributed by atoms with E-state index in [2.05, 4.69) is 13.0 Å². The van der Waals surface area contributed by atoms with Crippen LogP contribution in [0.3, 0.4) is 0 Å². The van der Waals surface area contributed by atoms with E-state index in [4.69, 9.17) is 10.00 Å². The molecule has 0 heterocycles. The summed E-state index contributed by atoms with van der Waals surface area (Å²) >= 11 is 0. The minimum absolute atomic E-state index is 0.769. The Kier molecular flexibility index (Phi) is 3.93. The Bertz CT molecular complexity index is 413. The Morgan fingerprint density at radius 2 is 2.20 bits per heavy atom. The summed E-state index contributed by atoms with van der Waals surface area (Å²) in [7, 11) is 1.64. The van der Waals surface area contributed by atoms with Gasteiger partial charge in [0.2, 0.25) is 0 Å². The maximum atomic E-state index is 8.88. The third-order valence-electron chi connectivity index (χ3n) is 2.39. The second kappa shape index (κ2) is 5.21. The molecule has 0 spiro atoms. The van der Waals surface area contributed by atoms with Gasteiger partial charge in [-0.2, -0.15) is 5.26 Å². The Balaban J connectivity index is 3.20. The predicted molar refractivity (Wildman–Crippen MR) is 61.5 cm³/mol. The molecule has 0 atom stereocenters. The van der Waals surface area contributed by atoms with Crippen LogP contribution in [0.2, 0.25) is 0 Å². The van der Waals surface area contributed by atoms with E-state index in [1.54, 1.807) is 7.11 Å². The average Bonchev–Trinajstić information content (AvgIpc) is 2.30. The van der Waals surface area contributed by atoms with E-state index in [9.17, 15) is 0 Å². The molecular formula is C13H15NO. The molecule has 15 heavy (non-hydrogen) atoms. The van der Waals surface area contributed by atoms with Crippen LogP contribution in [0, 0.1) is 11.3 Å². The zero-order valence-corrected chi connectivity index (χ0v) is 9.37. The second-order valence-electron chi connectivity index (χ2n) is 3.30. The van der Waals surface area contributed by atoms with Crippen LogP contribution in [0.4, 0.5) is 0 Å². The van der Waals surface area contributed by atoms with Gasteiger partial charge >= 0.3 is 0 Å². The maximum absolute atomic E-state index is 8.88. The van der Waals surface area contributed by atoms with Crippen molar-refractivity contribution in [1.82, 2.24) is 0 Å². The fourth-order valence-electron chi connectivity index (χ4n) is 1.56. The summed E-state index contributed by atoms with van der Waals surface area (Å²) in [6.45, 7) is 3.90. The van der Waals surface area contributed by atoms with Crippen molar-refractivity contribution in [3.8, 4) is 11.8 Å². The normalized spacial score (nSPS) is 11.6. The fraction of sp³-hybridized carbons (Fsp3) is 0.308. The van der Waals surface area contributed by atoms with Crippen molar-refractivity contribution in [3.63, 3.8) is 0 Å². The number of methoxy groups -OCH3 is 1. The lowest BCUT2D eigenvalue weighted by molar-refractivity contribution is 0.414. The van der Waals surface area contributed by atoms with Gasteiger partial charge in [0, 0.05) is 5.57 Å². The molecule has 1 rings (SSSR count). The summed E-state index contributed by atoms with van der Waals surface area (Å²) in [5.74, 6) is 0.823. The van der Waals surface area contributed by atoms with Gasteiger partial charge in [-0.15, -0.1) is 0 Å². The smallest absolute Gasteiger partial charge is 0.119 e. The monoisotopic (exact) mass is 201 g/mol. The molecule has 2 heteroatoms. The van der Waals surface area contributed by atoms with Crippen molar-refractivity contribution >= 4 is 5.57 Å². The van der Waals surface area contributed by atoms with Crippen molar-refractivity contribution in [2.75, 3.05) is 7.11 Å². The number of hydrogen-bond donors (Lipinski definition) is 0. The topological polar surface area (TPSA) is 33.0 Å². The van der Waals surface area contributed by atoms with Gasteiger partial charge in [-0.1, -0.05) is 19.1 Å². The molecule has 0 fully saturated rings. The molecular weight excluding hydrogens is 186 g/mol. The Morgan fingerprint density at radius 3 is 2.73 bits per heavy atom. The summed E-state index contributed by atoms with van der Waals surface area (Å²) in [5.41, 5.74) is 2.91. The first-order valence-corrected chi connectivity index (χ1v) is 4.97. The maximum Gasteiger partial charge on any atom is 0.119 e.